The lowest BCUT2D eigenvalue weighted by Crippen LogP contribution is -2.20. The van der Waals surface area contributed by atoms with Crippen molar-refractivity contribution in [2.75, 3.05) is 5.32 Å². The average Bonchev–Trinajstić information content (AvgIpc) is 3.03. The Bertz CT molecular complexity index is 934. The number of hydrogen-bond acceptors (Lipinski definition) is 3. The smallest absolute Gasteiger partial charge is 0.226 e. The van der Waals surface area contributed by atoms with Gasteiger partial charge in [0.15, 0.2) is 0 Å². The van der Waals surface area contributed by atoms with Crippen LogP contribution in [0.5, 0.6) is 0 Å². The van der Waals surface area contributed by atoms with E-state index in [1.807, 2.05) is 12.1 Å². The van der Waals surface area contributed by atoms with E-state index in [9.17, 15) is 4.39 Å². The molecule has 2 aromatic carbocycles. The third kappa shape index (κ3) is 2.66. The highest BCUT2D eigenvalue weighted by atomic mass is 35.5. The predicted molar refractivity (Wildman–Crippen MR) is 92.6 cm³/mol. The number of fused-ring (bicyclic) bond motifs is 1. The number of allylic oxidation sites excluding steroid dienone is 1. The van der Waals surface area contributed by atoms with Gasteiger partial charge in [-0.15, -0.1) is 0 Å². The van der Waals surface area contributed by atoms with Gasteiger partial charge in [0.1, 0.15) is 18.2 Å². The maximum atomic E-state index is 13.2. The summed E-state index contributed by atoms with van der Waals surface area (Å²) in [7, 11) is 0. The minimum atomic E-state index is -0.281. The first-order valence-corrected chi connectivity index (χ1v) is 7.96. The summed E-state index contributed by atoms with van der Waals surface area (Å²) in [6.07, 6.45) is 3.45. The number of nitrogens with one attached hydrogen (secondary N) is 1. The van der Waals surface area contributed by atoms with Gasteiger partial charge in [-0.05, 0) is 42.0 Å². The van der Waals surface area contributed by atoms with Crippen molar-refractivity contribution in [1.29, 1.82) is 0 Å². The van der Waals surface area contributed by atoms with Crippen LogP contribution in [0.4, 0.5) is 10.3 Å². The lowest BCUT2D eigenvalue weighted by atomic mass is 10.0. The molecule has 1 aliphatic heterocycles. The Morgan fingerprint density at radius 3 is 2.62 bits per heavy atom. The van der Waals surface area contributed by atoms with Gasteiger partial charge in [-0.1, -0.05) is 35.3 Å². The van der Waals surface area contributed by atoms with Gasteiger partial charge < -0.3 is 5.32 Å². The van der Waals surface area contributed by atoms with Crippen LogP contribution >= 0.6 is 23.2 Å². The molecule has 1 aromatic heterocycles. The van der Waals surface area contributed by atoms with E-state index in [1.54, 1.807) is 28.9 Å². The van der Waals surface area contributed by atoms with Crippen molar-refractivity contribution < 1.29 is 4.39 Å². The summed E-state index contributed by atoms with van der Waals surface area (Å²) < 4.78 is 15.0. The summed E-state index contributed by atoms with van der Waals surface area (Å²) in [4.78, 5) is 4.23. The third-order valence-electron chi connectivity index (χ3n) is 3.84. The Morgan fingerprint density at radius 2 is 1.88 bits per heavy atom. The van der Waals surface area contributed by atoms with E-state index < -0.39 is 0 Å². The second kappa shape index (κ2) is 5.92. The van der Waals surface area contributed by atoms with Crippen LogP contribution in [0.25, 0.3) is 5.70 Å². The second-order valence-electron chi connectivity index (χ2n) is 5.35. The molecule has 4 nitrogen and oxygen atoms in total. The minimum absolute atomic E-state index is 0.217. The molecule has 0 bridgehead atoms. The van der Waals surface area contributed by atoms with E-state index in [1.165, 1.54) is 18.5 Å². The van der Waals surface area contributed by atoms with Crippen molar-refractivity contribution in [3.63, 3.8) is 0 Å². The molecule has 1 aliphatic rings. The molecule has 0 saturated heterocycles. The topological polar surface area (TPSA) is 42.7 Å². The molecule has 7 heteroatoms. The van der Waals surface area contributed by atoms with Gasteiger partial charge in [0.2, 0.25) is 5.95 Å². The third-order valence-corrected chi connectivity index (χ3v) is 4.39. The maximum Gasteiger partial charge on any atom is 0.226 e. The SMILES string of the molecule is Fc1ccc([C@H]2C=C(c3ccc(Cl)cc3Cl)Nc3ncnn32)cc1. The van der Waals surface area contributed by atoms with E-state index in [4.69, 9.17) is 23.2 Å². The molecule has 24 heavy (non-hydrogen) atoms. The number of rotatable bonds is 2. The fourth-order valence-electron chi connectivity index (χ4n) is 2.70. The Morgan fingerprint density at radius 1 is 1.08 bits per heavy atom. The number of hydrogen-bond donors (Lipinski definition) is 1. The van der Waals surface area contributed by atoms with Gasteiger partial charge in [0.25, 0.3) is 0 Å². The molecular formula is C17H11Cl2FN4. The lowest BCUT2D eigenvalue weighted by molar-refractivity contribution is 0.603. The van der Waals surface area contributed by atoms with Crippen LogP contribution in [-0.4, -0.2) is 14.8 Å². The molecule has 0 unspecified atom stereocenters. The second-order valence-corrected chi connectivity index (χ2v) is 6.20. The summed E-state index contributed by atoms with van der Waals surface area (Å²) >= 11 is 12.3. The van der Waals surface area contributed by atoms with Gasteiger partial charge in [0.05, 0.1) is 5.02 Å². The summed E-state index contributed by atoms with van der Waals surface area (Å²) in [5, 5.41) is 8.57. The standard InChI is InChI=1S/C17H11Cl2FN4/c18-11-3-6-13(14(19)7-11)15-8-16(10-1-4-12(20)5-2-10)24-17(23-15)21-9-22-24/h1-9,16H,(H,21,22,23)/t16-/m1/s1. The zero-order valence-electron chi connectivity index (χ0n) is 12.2. The first-order valence-electron chi connectivity index (χ1n) is 7.21. The van der Waals surface area contributed by atoms with Crippen molar-refractivity contribution in [1.82, 2.24) is 14.8 Å². The molecule has 0 fully saturated rings. The van der Waals surface area contributed by atoms with Gasteiger partial charge in [-0.3, -0.25) is 0 Å². The average molecular weight is 361 g/mol. The van der Waals surface area contributed by atoms with E-state index in [0.717, 1.165) is 16.8 Å². The number of nitrogens with zero attached hydrogens (tertiary/aromatic N) is 3. The van der Waals surface area contributed by atoms with Crippen molar-refractivity contribution in [3.8, 4) is 0 Å². The highest BCUT2D eigenvalue weighted by Crippen LogP contribution is 2.35. The predicted octanol–water partition coefficient (Wildman–Crippen LogP) is 4.78. The zero-order valence-corrected chi connectivity index (χ0v) is 13.8. The van der Waals surface area contributed by atoms with Crippen LogP contribution in [0, 0.1) is 5.82 Å². The molecule has 0 radical (unpaired) electrons. The number of benzene rings is 2. The molecular weight excluding hydrogens is 350 g/mol. The van der Waals surface area contributed by atoms with Crippen LogP contribution < -0.4 is 5.32 Å². The quantitative estimate of drug-likeness (QED) is 0.714. The molecule has 120 valence electrons. The highest BCUT2D eigenvalue weighted by molar-refractivity contribution is 6.35. The largest absolute Gasteiger partial charge is 0.324 e. The van der Waals surface area contributed by atoms with Crippen LogP contribution in [0.1, 0.15) is 17.2 Å². The maximum absolute atomic E-state index is 13.2. The van der Waals surface area contributed by atoms with Crippen molar-refractivity contribution >= 4 is 34.8 Å². The van der Waals surface area contributed by atoms with Crippen LogP contribution in [0.2, 0.25) is 10.0 Å². The lowest BCUT2D eigenvalue weighted by Gasteiger charge is -2.24. The molecule has 0 amide bonds. The first kappa shape index (κ1) is 15.2. The normalized spacial score (nSPS) is 16.3. The van der Waals surface area contributed by atoms with Crippen LogP contribution in [-0.2, 0) is 0 Å². The van der Waals surface area contributed by atoms with Gasteiger partial charge in [-0.25, -0.2) is 9.07 Å². The molecule has 1 N–H and O–H groups in total. The van der Waals surface area contributed by atoms with E-state index in [-0.39, 0.29) is 11.9 Å². The Hall–Kier alpha value is -2.37. The first-order chi connectivity index (χ1) is 11.6. The molecule has 3 aromatic rings. The molecule has 1 atom stereocenters. The van der Waals surface area contributed by atoms with E-state index in [0.29, 0.717) is 16.0 Å². The fourth-order valence-corrected chi connectivity index (χ4v) is 3.21. The fraction of sp³-hybridized carbons (Fsp3) is 0.0588. The molecule has 0 saturated carbocycles. The molecule has 2 heterocycles. The Kier molecular flexibility index (Phi) is 3.75. The summed E-state index contributed by atoms with van der Waals surface area (Å²) in [6.45, 7) is 0. The molecule has 0 aliphatic carbocycles. The number of halogens is 3. The summed E-state index contributed by atoms with van der Waals surface area (Å²) in [6, 6.07) is 11.4. The minimum Gasteiger partial charge on any atom is -0.324 e. The Labute approximate surface area is 147 Å². The van der Waals surface area contributed by atoms with Gasteiger partial charge in [-0.2, -0.15) is 10.1 Å². The van der Waals surface area contributed by atoms with Gasteiger partial charge in [0, 0.05) is 16.3 Å². The van der Waals surface area contributed by atoms with Crippen molar-refractivity contribution in [2.45, 2.75) is 6.04 Å². The monoisotopic (exact) mass is 360 g/mol. The summed E-state index contributed by atoms with van der Waals surface area (Å²) in [5.74, 6) is 0.310. The van der Waals surface area contributed by atoms with E-state index >= 15 is 0 Å². The van der Waals surface area contributed by atoms with Crippen molar-refractivity contribution in [2.24, 2.45) is 0 Å². The van der Waals surface area contributed by atoms with Crippen LogP contribution in [0.3, 0.4) is 0 Å². The molecule has 0 spiro atoms. The van der Waals surface area contributed by atoms with Gasteiger partial charge >= 0.3 is 0 Å². The van der Waals surface area contributed by atoms with Crippen LogP contribution in [0.15, 0.2) is 54.9 Å². The summed E-state index contributed by atoms with van der Waals surface area (Å²) in [5.41, 5.74) is 2.50. The van der Waals surface area contributed by atoms with E-state index in [2.05, 4.69) is 15.4 Å². The molecule has 4 rings (SSSR count). The number of anilines is 1. The Balaban J connectivity index is 1.82. The number of aromatic nitrogens is 3. The zero-order chi connectivity index (χ0) is 16.7. The highest BCUT2D eigenvalue weighted by Gasteiger charge is 2.24. The van der Waals surface area contributed by atoms with Crippen molar-refractivity contribution in [3.05, 3.63) is 81.9 Å².